The van der Waals surface area contributed by atoms with Crippen LogP contribution in [0.15, 0.2) is 30.3 Å². The monoisotopic (exact) mass is 511 g/mol. The van der Waals surface area contributed by atoms with Crippen LogP contribution < -0.4 is 10.5 Å². The molecule has 0 aliphatic rings. The highest BCUT2D eigenvalue weighted by Crippen LogP contribution is 2.38. The number of amides is 1. The van der Waals surface area contributed by atoms with Crippen LogP contribution >= 0.6 is 22.9 Å². The molecular formula is C23H20ClF2NO6S. The minimum absolute atomic E-state index is 0.0603. The summed E-state index contributed by atoms with van der Waals surface area (Å²) in [4.78, 5) is 35.9. The molecule has 34 heavy (non-hydrogen) atoms. The summed E-state index contributed by atoms with van der Waals surface area (Å²) in [6.07, 6.45) is -1.17. The predicted octanol–water partition coefficient (Wildman–Crippen LogP) is 5.21. The summed E-state index contributed by atoms with van der Waals surface area (Å²) < 4.78 is 45.0. The number of hydrogen-bond donors (Lipinski definition) is 1. The van der Waals surface area contributed by atoms with Crippen molar-refractivity contribution in [1.82, 2.24) is 0 Å². The van der Waals surface area contributed by atoms with Gasteiger partial charge in [0.05, 0.1) is 5.92 Å². The van der Waals surface area contributed by atoms with E-state index < -0.39 is 54.0 Å². The molecule has 0 bridgehead atoms. The molecule has 0 aliphatic carbocycles. The van der Waals surface area contributed by atoms with Gasteiger partial charge in [-0.2, -0.15) is 0 Å². The quantitative estimate of drug-likeness (QED) is 0.328. The fourth-order valence-corrected chi connectivity index (χ4v) is 4.44. The Morgan fingerprint density at radius 3 is 2.32 bits per heavy atom. The molecule has 7 nitrogen and oxygen atoms in total. The van der Waals surface area contributed by atoms with Gasteiger partial charge in [-0.3, -0.25) is 9.59 Å². The van der Waals surface area contributed by atoms with Gasteiger partial charge in [0, 0.05) is 33.2 Å². The zero-order valence-corrected chi connectivity index (χ0v) is 19.9. The van der Waals surface area contributed by atoms with Crippen LogP contribution in [-0.2, 0) is 20.9 Å². The second-order valence-corrected chi connectivity index (χ2v) is 8.97. The molecule has 0 fully saturated rings. The smallest absolute Gasteiger partial charge is 0.351 e. The summed E-state index contributed by atoms with van der Waals surface area (Å²) in [5.74, 6) is -5.83. The van der Waals surface area contributed by atoms with Crippen LogP contribution in [0.3, 0.4) is 0 Å². The number of nitrogens with two attached hydrogens (primary N) is 1. The third-order valence-corrected chi connectivity index (χ3v) is 6.11. The van der Waals surface area contributed by atoms with E-state index in [-0.39, 0.29) is 21.0 Å². The van der Waals surface area contributed by atoms with E-state index in [9.17, 15) is 23.2 Å². The largest absolute Gasteiger partial charge is 0.483 e. The van der Waals surface area contributed by atoms with Crippen LogP contribution in [-0.4, -0.2) is 24.1 Å². The van der Waals surface area contributed by atoms with E-state index in [1.165, 1.54) is 6.92 Å². The van der Waals surface area contributed by atoms with Crippen molar-refractivity contribution in [2.45, 2.75) is 33.7 Å². The van der Waals surface area contributed by atoms with E-state index in [0.29, 0.717) is 10.1 Å². The van der Waals surface area contributed by atoms with Crippen LogP contribution in [0.2, 0.25) is 5.02 Å². The molecule has 180 valence electrons. The van der Waals surface area contributed by atoms with Gasteiger partial charge < -0.3 is 19.9 Å². The Hall–Kier alpha value is -3.24. The summed E-state index contributed by atoms with van der Waals surface area (Å²) in [5.41, 5.74) is 4.93. The molecule has 3 aromatic rings. The molecule has 3 rings (SSSR count). The van der Waals surface area contributed by atoms with Crippen LogP contribution in [0.1, 0.15) is 46.4 Å². The molecule has 11 heteroatoms. The molecule has 0 aliphatic heterocycles. The lowest BCUT2D eigenvalue weighted by Crippen LogP contribution is -2.24. The van der Waals surface area contributed by atoms with Crippen LogP contribution in [0.5, 0.6) is 5.75 Å². The molecule has 2 aromatic carbocycles. The van der Waals surface area contributed by atoms with Crippen molar-refractivity contribution in [2.24, 2.45) is 11.7 Å². The molecule has 2 N–H and O–H groups in total. The van der Waals surface area contributed by atoms with Crippen LogP contribution in [0, 0.1) is 17.6 Å². The lowest BCUT2D eigenvalue weighted by molar-refractivity contribution is -0.169. The van der Waals surface area contributed by atoms with Crippen molar-refractivity contribution < 1.29 is 37.4 Å². The first-order valence-corrected chi connectivity index (χ1v) is 11.2. The first kappa shape index (κ1) is 25.4. The van der Waals surface area contributed by atoms with Gasteiger partial charge in [-0.25, -0.2) is 13.6 Å². The summed E-state index contributed by atoms with van der Waals surface area (Å²) in [5, 5.41) is 0.734. The lowest BCUT2D eigenvalue weighted by atomic mass is 10.1. The van der Waals surface area contributed by atoms with E-state index in [2.05, 4.69) is 0 Å². The van der Waals surface area contributed by atoms with Gasteiger partial charge in [0.25, 0.3) is 0 Å². The number of ether oxygens (including phenoxy) is 3. The molecule has 1 atom stereocenters. The van der Waals surface area contributed by atoms with Gasteiger partial charge in [-0.15, -0.1) is 11.3 Å². The Balaban J connectivity index is 1.93. The highest BCUT2D eigenvalue weighted by molar-refractivity contribution is 7.21. The van der Waals surface area contributed by atoms with Crippen molar-refractivity contribution in [1.29, 1.82) is 0 Å². The molecule has 1 aromatic heterocycles. The van der Waals surface area contributed by atoms with Gasteiger partial charge in [-0.05, 0) is 24.3 Å². The second kappa shape index (κ2) is 10.4. The molecule has 1 heterocycles. The minimum atomic E-state index is -1.17. The van der Waals surface area contributed by atoms with Crippen LogP contribution in [0.4, 0.5) is 8.78 Å². The zero-order chi connectivity index (χ0) is 25.2. The number of benzene rings is 2. The lowest BCUT2D eigenvalue weighted by Gasteiger charge is -2.16. The molecular weight excluding hydrogens is 492 g/mol. The van der Waals surface area contributed by atoms with Gasteiger partial charge in [0.1, 0.15) is 11.5 Å². The first-order valence-electron chi connectivity index (χ1n) is 10.0. The third kappa shape index (κ3) is 5.45. The van der Waals surface area contributed by atoms with E-state index in [1.54, 1.807) is 32.0 Å². The van der Waals surface area contributed by atoms with Gasteiger partial charge >= 0.3 is 11.9 Å². The second-order valence-electron chi connectivity index (χ2n) is 7.51. The fraction of sp³-hybridized carbons (Fsp3) is 0.261. The summed E-state index contributed by atoms with van der Waals surface area (Å²) >= 11 is 7.35. The Morgan fingerprint density at radius 2 is 1.74 bits per heavy atom. The number of esters is 2. The highest BCUT2D eigenvalue weighted by atomic mass is 35.5. The minimum Gasteiger partial charge on any atom is -0.483 e. The average molecular weight is 512 g/mol. The van der Waals surface area contributed by atoms with Crippen molar-refractivity contribution in [2.75, 3.05) is 0 Å². The summed E-state index contributed by atoms with van der Waals surface area (Å²) in [7, 11) is 0. The van der Waals surface area contributed by atoms with E-state index in [0.717, 1.165) is 23.5 Å². The predicted molar refractivity (Wildman–Crippen MR) is 122 cm³/mol. The first-order chi connectivity index (χ1) is 16.0. The van der Waals surface area contributed by atoms with Gasteiger partial charge in [0.2, 0.25) is 12.2 Å². The third-order valence-electron chi connectivity index (χ3n) is 4.62. The Kier molecular flexibility index (Phi) is 7.73. The number of halogens is 3. The number of hydrogen-bond acceptors (Lipinski definition) is 7. The highest BCUT2D eigenvalue weighted by Gasteiger charge is 2.26. The molecule has 1 amide bonds. The zero-order valence-electron chi connectivity index (χ0n) is 18.3. The fourth-order valence-electron chi connectivity index (χ4n) is 2.98. The summed E-state index contributed by atoms with van der Waals surface area (Å²) in [6.45, 7) is 4.21. The van der Waals surface area contributed by atoms with E-state index in [1.807, 2.05) is 0 Å². The number of carbonyl (C=O) groups is 3. The number of fused-ring (bicyclic) bond motifs is 1. The number of carbonyl (C=O) groups excluding carboxylic acids is 3. The van der Waals surface area contributed by atoms with Gasteiger partial charge in [0.15, 0.2) is 17.4 Å². The number of rotatable bonds is 8. The SMILES string of the molecule is CC(OC(=O)c1sc2cccc(Cl)c2c1COc1c(F)cc(C(N)=O)cc1F)OC(=O)C(C)C. The van der Waals surface area contributed by atoms with Crippen molar-refractivity contribution in [3.05, 3.63) is 63.0 Å². The van der Waals surface area contributed by atoms with Crippen molar-refractivity contribution >= 4 is 50.9 Å². The van der Waals surface area contributed by atoms with Crippen LogP contribution in [0.25, 0.3) is 10.1 Å². The van der Waals surface area contributed by atoms with E-state index >= 15 is 0 Å². The Bertz CT molecular complexity index is 1250. The molecule has 0 radical (unpaired) electrons. The maximum Gasteiger partial charge on any atom is 0.351 e. The normalized spacial score (nSPS) is 12.0. The topological polar surface area (TPSA) is 105 Å². The maximum absolute atomic E-state index is 14.4. The summed E-state index contributed by atoms with van der Waals surface area (Å²) in [6, 6.07) is 6.47. The Labute approximate surface area is 202 Å². The molecule has 0 saturated heterocycles. The van der Waals surface area contributed by atoms with Gasteiger partial charge in [-0.1, -0.05) is 31.5 Å². The number of thiophene rings is 1. The van der Waals surface area contributed by atoms with E-state index in [4.69, 9.17) is 31.5 Å². The maximum atomic E-state index is 14.4. The number of primary amides is 1. The molecule has 0 spiro atoms. The van der Waals surface area contributed by atoms with Crippen molar-refractivity contribution in [3.8, 4) is 5.75 Å². The average Bonchev–Trinajstić information content (AvgIpc) is 3.12. The Morgan fingerprint density at radius 1 is 1.09 bits per heavy atom. The molecule has 1 unspecified atom stereocenters. The van der Waals surface area contributed by atoms with Crippen molar-refractivity contribution in [3.63, 3.8) is 0 Å². The standard InChI is InChI=1S/C23H20ClF2NO6S/c1-10(2)22(29)32-11(3)33-23(30)20-13(18-14(24)5-4-6-17(18)34-20)9-31-19-15(25)7-12(21(27)28)8-16(19)26/h4-8,10-11H,9H2,1-3H3,(H2,27,28). The molecule has 0 saturated carbocycles.